The summed E-state index contributed by atoms with van der Waals surface area (Å²) in [6, 6.07) is 9.37. The zero-order valence-corrected chi connectivity index (χ0v) is 22.4. The number of amidine groups is 1. The van der Waals surface area contributed by atoms with E-state index in [2.05, 4.69) is 25.5 Å². The highest BCUT2D eigenvalue weighted by Crippen LogP contribution is 2.27. The molecule has 0 amide bonds. The number of nitrogens with two attached hydrogens (primary N) is 1. The van der Waals surface area contributed by atoms with Crippen LogP contribution >= 0.6 is 0 Å². The van der Waals surface area contributed by atoms with Crippen molar-refractivity contribution in [3.05, 3.63) is 95.5 Å². The SMILES string of the molecule is C\C=C(F)/C(=N\C(N)=N/N=C/c1ccc(Nc2ccc(OC3=CC(O)=CC=CC3)c(C)c2)cn1)N1CCOCC1. The van der Waals surface area contributed by atoms with Gasteiger partial charge >= 0.3 is 0 Å². The molecule has 2 heterocycles. The minimum atomic E-state index is -0.488. The number of nitrogens with zero attached hydrogens (tertiary/aromatic N) is 5. The monoisotopic (exact) mass is 545 g/mol. The van der Waals surface area contributed by atoms with E-state index in [1.165, 1.54) is 12.3 Å². The molecule has 2 aromatic rings. The molecule has 1 saturated heterocycles. The third-order valence-electron chi connectivity index (χ3n) is 5.87. The number of aliphatic hydroxyl groups is 1. The number of hydrogen-bond acceptors (Lipinski definition) is 7. The largest absolute Gasteiger partial charge is 0.508 e. The number of anilines is 2. The summed E-state index contributed by atoms with van der Waals surface area (Å²) in [5, 5.41) is 20.9. The summed E-state index contributed by atoms with van der Waals surface area (Å²) in [5.74, 6) is 0.976. The predicted octanol–water partition coefficient (Wildman–Crippen LogP) is 5.05. The Bertz CT molecular complexity index is 1400. The van der Waals surface area contributed by atoms with E-state index in [-0.39, 0.29) is 17.6 Å². The van der Waals surface area contributed by atoms with Crippen molar-refractivity contribution in [2.45, 2.75) is 20.3 Å². The highest BCUT2D eigenvalue weighted by Gasteiger charge is 2.19. The fourth-order valence-electron chi connectivity index (χ4n) is 3.86. The second-order valence-electron chi connectivity index (χ2n) is 8.89. The molecule has 1 aromatic heterocycles. The number of benzene rings is 1. The lowest BCUT2D eigenvalue weighted by atomic mass is 10.2. The number of rotatable bonds is 7. The molecule has 0 unspecified atom stereocenters. The number of hydrogen-bond donors (Lipinski definition) is 3. The Morgan fingerprint density at radius 1 is 1.23 bits per heavy atom. The lowest BCUT2D eigenvalue weighted by Gasteiger charge is -2.28. The van der Waals surface area contributed by atoms with Crippen LogP contribution in [0.2, 0.25) is 0 Å². The maximum absolute atomic E-state index is 14.3. The molecule has 2 aliphatic rings. The lowest BCUT2D eigenvalue weighted by Crippen LogP contribution is -2.41. The van der Waals surface area contributed by atoms with Crippen LogP contribution in [0.4, 0.5) is 15.8 Å². The smallest absolute Gasteiger partial charge is 0.242 e. The molecule has 40 heavy (non-hydrogen) atoms. The Balaban J connectivity index is 1.36. The summed E-state index contributed by atoms with van der Waals surface area (Å²) in [4.78, 5) is 10.2. The van der Waals surface area contributed by atoms with Crippen molar-refractivity contribution < 1.29 is 19.0 Å². The first-order valence-electron chi connectivity index (χ1n) is 12.8. The Morgan fingerprint density at radius 3 is 2.75 bits per heavy atom. The number of ether oxygens (including phenoxy) is 2. The number of morpholine rings is 1. The molecule has 1 aliphatic carbocycles. The number of aryl methyl sites for hydroxylation is 1. The average Bonchev–Trinajstić information content (AvgIpc) is 3.17. The second kappa shape index (κ2) is 13.9. The quantitative estimate of drug-likeness (QED) is 0.252. The van der Waals surface area contributed by atoms with Crippen LogP contribution in [0, 0.1) is 6.92 Å². The number of aliphatic hydroxyl groups excluding tert-OH is 1. The van der Waals surface area contributed by atoms with Crippen LogP contribution in [0.3, 0.4) is 0 Å². The number of aromatic nitrogens is 1. The van der Waals surface area contributed by atoms with Crippen molar-refractivity contribution in [1.29, 1.82) is 0 Å². The second-order valence-corrected chi connectivity index (χ2v) is 8.89. The number of guanidine groups is 1. The van der Waals surface area contributed by atoms with Crippen molar-refractivity contribution in [3.8, 4) is 5.75 Å². The van der Waals surface area contributed by atoms with Crippen LogP contribution in [0.25, 0.3) is 0 Å². The van der Waals surface area contributed by atoms with Gasteiger partial charge in [0.15, 0.2) is 11.7 Å². The van der Waals surface area contributed by atoms with E-state index < -0.39 is 5.83 Å². The van der Waals surface area contributed by atoms with Crippen molar-refractivity contribution in [1.82, 2.24) is 9.88 Å². The van der Waals surface area contributed by atoms with Crippen LogP contribution in [0.1, 0.15) is 24.6 Å². The van der Waals surface area contributed by atoms with Gasteiger partial charge in [-0.3, -0.25) is 4.98 Å². The Kier molecular flexibility index (Phi) is 9.78. The number of nitrogens with one attached hydrogen (secondary N) is 1. The molecule has 0 atom stereocenters. The van der Waals surface area contributed by atoms with Gasteiger partial charge in [0.2, 0.25) is 5.96 Å². The summed E-state index contributed by atoms with van der Waals surface area (Å²) in [6.07, 6.45) is 12.0. The molecule has 0 bridgehead atoms. The molecule has 0 saturated carbocycles. The van der Waals surface area contributed by atoms with Crippen LogP contribution in [0.15, 0.2) is 99.4 Å². The minimum Gasteiger partial charge on any atom is -0.508 e. The van der Waals surface area contributed by atoms with E-state index in [1.54, 1.807) is 42.3 Å². The van der Waals surface area contributed by atoms with Gasteiger partial charge in [-0.1, -0.05) is 12.2 Å². The van der Waals surface area contributed by atoms with E-state index in [9.17, 15) is 9.50 Å². The van der Waals surface area contributed by atoms with Gasteiger partial charge in [0.05, 0.1) is 37.0 Å². The molecule has 1 aromatic carbocycles. The maximum atomic E-state index is 14.3. The van der Waals surface area contributed by atoms with Gasteiger partial charge in [-0.05, 0) is 61.9 Å². The van der Waals surface area contributed by atoms with Crippen LogP contribution < -0.4 is 15.8 Å². The van der Waals surface area contributed by atoms with E-state index in [4.69, 9.17) is 15.2 Å². The number of aliphatic imine (C=N–C) groups is 1. The Labute approximate surface area is 232 Å². The fourth-order valence-corrected chi connectivity index (χ4v) is 3.86. The molecule has 0 spiro atoms. The number of allylic oxidation sites excluding steroid dienone is 5. The van der Waals surface area contributed by atoms with Crippen LogP contribution in [0.5, 0.6) is 5.75 Å². The zero-order chi connectivity index (χ0) is 28.3. The van der Waals surface area contributed by atoms with Gasteiger partial charge in [-0.25, -0.2) is 4.39 Å². The molecule has 0 radical (unpaired) electrons. The van der Waals surface area contributed by atoms with E-state index in [1.807, 2.05) is 37.3 Å². The van der Waals surface area contributed by atoms with E-state index >= 15 is 0 Å². The first-order chi connectivity index (χ1) is 19.4. The van der Waals surface area contributed by atoms with Gasteiger partial charge in [0.1, 0.15) is 17.3 Å². The highest BCUT2D eigenvalue weighted by molar-refractivity contribution is 6.03. The number of halogens is 1. The van der Waals surface area contributed by atoms with Crippen molar-refractivity contribution in [2.24, 2.45) is 20.9 Å². The molecule has 4 rings (SSSR count). The molecule has 10 nitrogen and oxygen atoms in total. The third kappa shape index (κ3) is 8.11. The van der Waals surface area contributed by atoms with E-state index in [0.29, 0.717) is 49.9 Å². The zero-order valence-electron chi connectivity index (χ0n) is 22.4. The van der Waals surface area contributed by atoms with Crippen molar-refractivity contribution >= 4 is 29.4 Å². The molecule has 208 valence electrons. The predicted molar refractivity (Wildman–Crippen MR) is 156 cm³/mol. The highest BCUT2D eigenvalue weighted by atomic mass is 19.1. The molecule has 1 aliphatic heterocycles. The minimum absolute atomic E-state index is 0.112. The molecular formula is C29H32FN7O3. The molecule has 11 heteroatoms. The number of pyridine rings is 1. The first kappa shape index (κ1) is 28.2. The summed E-state index contributed by atoms with van der Waals surface area (Å²) in [5.41, 5.74) is 9.01. The average molecular weight is 546 g/mol. The van der Waals surface area contributed by atoms with Crippen LogP contribution in [-0.2, 0) is 4.74 Å². The first-order valence-corrected chi connectivity index (χ1v) is 12.8. The lowest BCUT2D eigenvalue weighted by molar-refractivity contribution is 0.0677. The van der Waals surface area contributed by atoms with Gasteiger partial charge in [-0.15, -0.1) is 5.10 Å². The van der Waals surface area contributed by atoms with Gasteiger partial charge in [0.25, 0.3) is 0 Å². The topological polar surface area (TPSA) is 130 Å². The van der Waals surface area contributed by atoms with Crippen LogP contribution in [-0.4, -0.2) is 59.3 Å². The maximum Gasteiger partial charge on any atom is 0.242 e. The van der Waals surface area contributed by atoms with Gasteiger partial charge in [-0.2, -0.15) is 10.1 Å². The summed E-state index contributed by atoms with van der Waals surface area (Å²) in [6.45, 7) is 5.54. The van der Waals surface area contributed by atoms with Crippen molar-refractivity contribution in [3.63, 3.8) is 0 Å². The standard InChI is InChI=1S/C29H32FN7O3/c1-3-26(30)28(37-12-14-39-15-13-37)35-29(31)36-33-19-22-8-9-23(18-32-22)34-21-10-11-27(20(2)16-21)40-25-7-5-4-6-24(38)17-25/h3-6,8-11,16-19,34,38H,7,12-15H2,1-2H3,(H2,31,36)/b26-3+,33-19+,35-28+. The van der Waals surface area contributed by atoms with Gasteiger partial charge < -0.3 is 30.5 Å². The fraction of sp³-hybridized carbons (Fsp3) is 0.241. The van der Waals surface area contributed by atoms with Gasteiger partial charge in [0, 0.05) is 31.3 Å². The normalized spacial score (nSPS) is 17.0. The summed E-state index contributed by atoms with van der Waals surface area (Å²) in [7, 11) is 0. The third-order valence-corrected chi connectivity index (χ3v) is 5.87. The van der Waals surface area contributed by atoms with Crippen molar-refractivity contribution in [2.75, 3.05) is 31.6 Å². The molecular weight excluding hydrogens is 513 g/mol. The Hall–Kier alpha value is -4.77. The summed E-state index contributed by atoms with van der Waals surface area (Å²) >= 11 is 0. The van der Waals surface area contributed by atoms with E-state index in [0.717, 1.165) is 16.9 Å². The molecule has 1 fully saturated rings. The molecule has 4 N–H and O–H groups in total. The Morgan fingerprint density at radius 2 is 2.02 bits per heavy atom. The summed E-state index contributed by atoms with van der Waals surface area (Å²) < 4.78 is 25.6.